The van der Waals surface area contributed by atoms with Crippen molar-refractivity contribution in [2.24, 2.45) is 10.9 Å². The maximum Gasteiger partial charge on any atom is 0.225 e. The van der Waals surface area contributed by atoms with Gasteiger partial charge in [-0.15, -0.1) is 0 Å². The molecule has 26 heavy (non-hydrogen) atoms. The molecule has 0 bridgehead atoms. The molecule has 1 amide bonds. The standard InChI is InChI=1S/C22H28N2O2/c25-22(20-4-2-1-3-5-20)24-13-10-18(11-14-24)16-17-6-8-19(9-7-17)21-23-12-15-26-21/h6-9,16,20H,1-5,10-15H2. The number of carbonyl (C=O) groups is 1. The molecule has 0 spiro atoms. The Morgan fingerprint density at radius 3 is 2.46 bits per heavy atom. The van der Waals surface area contributed by atoms with Crippen LogP contribution in [0.2, 0.25) is 0 Å². The second-order valence-electron chi connectivity index (χ2n) is 7.62. The lowest BCUT2D eigenvalue weighted by molar-refractivity contribution is -0.137. The Morgan fingerprint density at radius 1 is 1.08 bits per heavy atom. The topological polar surface area (TPSA) is 41.9 Å². The highest BCUT2D eigenvalue weighted by Gasteiger charge is 2.27. The molecule has 4 rings (SSSR count). The predicted molar refractivity (Wildman–Crippen MR) is 104 cm³/mol. The van der Waals surface area contributed by atoms with Gasteiger partial charge in [0.2, 0.25) is 11.8 Å². The minimum absolute atomic E-state index is 0.294. The fraction of sp³-hybridized carbons (Fsp3) is 0.545. The molecule has 0 radical (unpaired) electrons. The van der Waals surface area contributed by atoms with Crippen molar-refractivity contribution >= 4 is 17.9 Å². The molecule has 0 atom stereocenters. The van der Waals surface area contributed by atoms with E-state index in [0.29, 0.717) is 18.4 Å². The van der Waals surface area contributed by atoms with Gasteiger partial charge in [0.1, 0.15) is 6.61 Å². The summed E-state index contributed by atoms with van der Waals surface area (Å²) in [6, 6.07) is 8.43. The lowest BCUT2D eigenvalue weighted by Crippen LogP contribution is -2.40. The van der Waals surface area contributed by atoms with Gasteiger partial charge in [-0.25, -0.2) is 4.99 Å². The van der Waals surface area contributed by atoms with Gasteiger partial charge in [0.15, 0.2) is 0 Å². The van der Waals surface area contributed by atoms with Crippen molar-refractivity contribution in [3.63, 3.8) is 0 Å². The first-order valence-electron chi connectivity index (χ1n) is 10.1. The summed E-state index contributed by atoms with van der Waals surface area (Å²) in [6.07, 6.45) is 10.2. The van der Waals surface area contributed by atoms with E-state index in [0.717, 1.165) is 56.8 Å². The van der Waals surface area contributed by atoms with E-state index in [1.165, 1.54) is 30.4 Å². The maximum absolute atomic E-state index is 12.7. The molecule has 1 aromatic rings. The molecule has 4 nitrogen and oxygen atoms in total. The zero-order valence-electron chi connectivity index (χ0n) is 15.5. The number of rotatable bonds is 3. The number of likely N-dealkylation sites (tertiary alicyclic amines) is 1. The number of carbonyl (C=O) groups excluding carboxylic acids is 1. The third-order valence-electron chi connectivity index (χ3n) is 5.79. The summed E-state index contributed by atoms with van der Waals surface area (Å²) < 4.78 is 5.51. The number of ether oxygens (including phenoxy) is 1. The molecule has 1 aromatic carbocycles. The van der Waals surface area contributed by atoms with Crippen LogP contribution in [0.15, 0.2) is 34.8 Å². The van der Waals surface area contributed by atoms with Crippen LogP contribution in [0.5, 0.6) is 0 Å². The highest BCUT2D eigenvalue weighted by molar-refractivity contribution is 5.95. The van der Waals surface area contributed by atoms with Gasteiger partial charge in [-0.2, -0.15) is 0 Å². The third kappa shape index (κ3) is 4.00. The zero-order valence-corrected chi connectivity index (χ0v) is 15.5. The largest absolute Gasteiger partial charge is 0.476 e. The fourth-order valence-corrected chi connectivity index (χ4v) is 4.23. The molecule has 1 aliphatic carbocycles. The van der Waals surface area contributed by atoms with Crippen LogP contribution in [0.1, 0.15) is 56.1 Å². The molecule has 1 saturated carbocycles. The van der Waals surface area contributed by atoms with E-state index in [4.69, 9.17) is 4.74 Å². The minimum Gasteiger partial charge on any atom is -0.476 e. The van der Waals surface area contributed by atoms with E-state index < -0.39 is 0 Å². The smallest absolute Gasteiger partial charge is 0.225 e. The van der Waals surface area contributed by atoms with Crippen LogP contribution < -0.4 is 0 Å². The average molecular weight is 352 g/mol. The van der Waals surface area contributed by atoms with Crippen molar-refractivity contribution in [1.82, 2.24) is 4.90 Å². The third-order valence-corrected chi connectivity index (χ3v) is 5.79. The summed E-state index contributed by atoms with van der Waals surface area (Å²) in [5.74, 6) is 1.46. The van der Waals surface area contributed by atoms with Crippen LogP contribution >= 0.6 is 0 Å². The number of amides is 1. The number of piperidine rings is 1. The molecule has 0 unspecified atom stereocenters. The van der Waals surface area contributed by atoms with Gasteiger partial charge < -0.3 is 9.64 Å². The second kappa shape index (κ2) is 8.07. The first-order chi connectivity index (χ1) is 12.8. The molecule has 138 valence electrons. The Morgan fingerprint density at radius 2 is 1.81 bits per heavy atom. The Kier molecular flexibility index (Phi) is 5.37. The van der Waals surface area contributed by atoms with Crippen molar-refractivity contribution < 1.29 is 9.53 Å². The van der Waals surface area contributed by atoms with E-state index >= 15 is 0 Å². The van der Waals surface area contributed by atoms with Gasteiger partial charge in [-0.1, -0.05) is 43.0 Å². The normalized spacial score (nSPS) is 21.3. The predicted octanol–water partition coefficient (Wildman–Crippen LogP) is 4.05. The maximum atomic E-state index is 12.7. The molecule has 0 aromatic heterocycles. The second-order valence-corrected chi connectivity index (χ2v) is 7.62. The Bertz CT molecular complexity index is 689. The molecule has 0 N–H and O–H groups in total. The fourth-order valence-electron chi connectivity index (χ4n) is 4.23. The average Bonchev–Trinajstić information content (AvgIpc) is 3.24. The molecule has 3 aliphatic rings. The molecule has 2 heterocycles. The number of benzene rings is 1. The van der Waals surface area contributed by atoms with Crippen molar-refractivity contribution in [2.75, 3.05) is 26.2 Å². The van der Waals surface area contributed by atoms with Gasteiger partial charge >= 0.3 is 0 Å². The van der Waals surface area contributed by atoms with Crippen LogP contribution in [-0.2, 0) is 9.53 Å². The van der Waals surface area contributed by atoms with Crippen LogP contribution in [0.3, 0.4) is 0 Å². The van der Waals surface area contributed by atoms with Gasteiger partial charge in [0, 0.05) is 24.6 Å². The van der Waals surface area contributed by atoms with Crippen molar-refractivity contribution in [3.05, 3.63) is 41.0 Å². The Labute approximate surface area is 155 Å². The molecular weight excluding hydrogens is 324 g/mol. The van der Waals surface area contributed by atoms with E-state index in [-0.39, 0.29) is 0 Å². The number of hydrogen-bond acceptors (Lipinski definition) is 3. The van der Waals surface area contributed by atoms with Gasteiger partial charge in [0.05, 0.1) is 6.54 Å². The van der Waals surface area contributed by atoms with Crippen LogP contribution in [0.25, 0.3) is 6.08 Å². The molecule has 4 heteroatoms. The first-order valence-corrected chi connectivity index (χ1v) is 10.1. The van der Waals surface area contributed by atoms with E-state index in [2.05, 4.69) is 40.2 Å². The number of nitrogens with zero attached hydrogens (tertiary/aromatic N) is 2. The SMILES string of the molecule is O=C(C1CCCCC1)N1CCC(=Cc2ccc(C3=NCCO3)cc2)CC1. The summed E-state index contributed by atoms with van der Waals surface area (Å²) in [4.78, 5) is 19.1. The lowest BCUT2D eigenvalue weighted by atomic mass is 9.87. The van der Waals surface area contributed by atoms with Crippen LogP contribution in [-0.4, -0.2) is 42.9 Å². The van der Waals surface area contributed by atoms with E-state index in [1.54, 1.807) is 0 Å². The summed E-state index contributed by atoms with van der Waals surface area (Å²) in [5, 5.41) is 0. The van der Waals surface area contributed by atoms with Crippen molar-refractivity contribution in [3.8, 4) is 0 Å². The Balaban J connectivity index is 1.33. The zero-order chi connectivity index (χ0) is 17.8. The van der Waals surface area contributed by atoms with Crippen molar-refractivity contribution in [1.29, 1.82) is 0 Å². The van der Waals surface area contributed by atoms with Gasteiger partial charge in [0.25, 0.3) is 0 Å². The first kappa shape index (κ1) is 17.3. The van der Waals surface area contributed by atoms with Crippen LogP contribution in [0, 0.1) is 5.92 Å². The highest BCUT2D eigenvalue weighted by Crippen LogP contribution is 2.28. The number of hydrogen-bond donors (Lipinski definition) is 0. The summed E-state index contributed by atoms with van der Waals surface area (Å²) in [5.41, 5.74) is 3.71. The highest BCUT2D eigenvalue weighted by atomic mass is 16.5. The molecule has 2 aliphatic heterocycles. The molecule has 2 fully saturated rings. The van der Waals surface area contributed by atoms with E-state index in [9.17, 15) is 4.79 Å². The monoisotopic (exact) mass is 352 g/mol. The van der Waals surface area contributed by atoms with Crippen molar-refractivity contribution in [2.45, 2.75) is 44.9 Å². The minimum atomic E-state index is 0.294. The van der Waals surface area contributed by atoms with Crippen LogP contribution in [0.4, 0.5) is 0 Å². The summed E-state index contributed by atoms with van der Waals surface area (Å²) >= 11 is 0. The summed E-state index contributed by atoms with van der Waals surface area (Å²) in [6.45, 7) is 3.21. The molecule has 1 saturated heterocycles. The quantitative estimate of drug-likeness (QED) is 0.823. The van der Waals surface area contributed by atoms with E-state index in [1.807, 2.05) is 0 Å². The Hall–Kier alpha value is -2.10. The lowest BCUT2D eigenvalue weighted by Gasteiger charge is -2.33. The number of aliphatic imine (C=N–C) groups is 1. The van der Waals surface area contributed by atoms with Gasteiger partial charge in [-0.05, 0) is 43.4 Å². The van der Waals surface area contributed by atoms with Gasteiger partial charge in [-0.3, -0.25) is 4.79 Å². The summed E-state index contributed by atoms with van der Waals surface area (Å²) in [7, 11) is 0. The molecular formula is C22H28N2O2.